The van der Waals surface area contributed by atoms with Crippen LogP contribution < -0.4 is 10.6 Å². The SMILES string of the molecule is CN(C)C(=O)CN=C(NCCc1cccs1)NCC(c1ccccc1)N1CCCC1.I. The van der Waals surface area contributed by atoms with Gasteiger partial charge < -0.3 is 15.5 Å². The van der Waals surface area contributed by atoms with Crippen molar-refractivity contribution in [2.75, 3.05) is 46.8 Å². The van der Waals surface area contributed by atoms with Gasteiger partial charge in [-0.1, -0.05) is 36.4 Å². The molecule has 1 aliphatic heterocycles. The van der Waals surface area contributed by atoms with Crippen molar-refractivity contribution in [2.45, 2.75) is 25.3 Å². The summed E-state index contributed by atoms with van der Waals surface area (Å²) in [5.74, 6) is 0.690. The third-order valence-electron chi connectivity index (χ3n) is 5.34. The number of guanidine groups is 1. The summed E-state index contributed by atoms with van der Waals surface area (Å²) in [5.41, 5.74) is 1.31. The van der Waals surface area contributed by atoms with Gasteiger partial charge in [0.25, 0.3) is 0 Å². The number of aliphatic imine (C=N–C) groups is 1. The van der Waals surface area contributed by atoms with Crippen molar-refractivity contribution < 1.29 is 4.79 Å². The third-order valence-corrected chi connectivity index (χ3v) is 6.28. The Hall–Kier alpha value is -1.65. The number of likely N-dealkylation sites (tertiary alicyclic amines) is 1. The second-order valence-electron chi connectivity index (χ2n) is 7.76. The zero-order chi connectivity index (χ0) is 21.2. The second-order valence-corrected chi connectivity index (χ2v) is 8.79. The molecule has 1 atom stereocenters. The van der Waals surface area contributed by atoms with Gasteiger partial charge >= 0.3 is 0 Å². The highest BCUT2D eigenvalue weighted by Gasteiger charge is 2.23. The maximum Gasteiger partial charge on any atom is 0.243 e. The van der Waals surface area contributed by atoms with Crippen molar-refractivity contribution >= 4 is 47.2 Å². The first-order valence-corrected chi connectivity index (χ1v) is 11.5. The number of likely N-dealkylation sites (N-methyl/N-ethyl adjacent to an activating group) is 1. The molecule has 1 saturated heterocycles. The number of rotatable bonds is 9. The Bertz CT molecular complexity index is 792. The van der Waals surface area contributed by atoms with Gasteiger partial charge in [-0.05, 0) is 49.4 Å². The van der Waals surface area contributed by atoms with E-state index in [0.717, 1.165) is 32.6 Å². The first-order chi connectivity index (χ1) is 14.6. The summed E-state index contributed by atoms with van der Waals surface area (Å²) in [6.07, 6.45) is 3.44. The number of hydrogen-bond acceptors (Lipinski definition) is 4. The van der Waals surface area contributed by atoms with Crippen LogP contribution in [0.15, 0.2) is 52.8 Å². The fraction of sp³-hybridized carbons (Fsp3) is 0.478. The molecule has 1 fully saturated rings. The Kier molecular flexibility index (Phi) is 11.3. The van der Waals surface area contributed by atoms with Crippen molar-refractivity contribution in [1.29, 1.82) is 0 Å². The standard InChI is InChI=1S/C23H33N5OS.HI/c1-27(2)22(29)18-26-23(24-13-12-20-11-8-16-30-20)25-17-21(28-14-6-7-15-28)19-9-4-3-5-10-19;/h3-5,8-11,16,21H,6-7,12-15,17-18H2,1-2H3,(H2,24,25,26);1H. The van der Waals surface area contributed by atoms with Gasteiger partial charge in [0, 0.05) is 32.1 Å². The first-order valence-electron chi connectivity index (χ1n) is 10.7. The number of carbonyl (C=O) groups is 1. The molecule has 1 amide bonds. The summed E-state index contributed by atoms with van der Waals surface area (Å²) in [6, 6.07) is 15.2. The van der Waals surface area contributed by atoms with Gasteiger partial charge in [-0.3, -0.25) is 9.69 Å². The van der Waals surface area contributed by atoms with Crippen LogP contribution in [-0.2, 0) is 11.2 Å². The summed E-state index contributed by atoms with van der Waals surface area (Å²) < 4.78 is 0. The topological polar surface area (TPSA) is 60.0 Å². The van der Waals surface area contributed by atoms with Crippen LogP contribution in [0.25, 0.3) is 0 Å². The highest BCUT2D eigenvalue weighted by molar-refractivity contribution is 14.0. The molecule has 0 spiro atoms. The molecule has 8 heteroatoms. The van der Waals surface area contributed by atoms with Gasteiger partial charge in [0.1, 0.15) is 6.54 Å². The minimum atomic E-state index is -0.00601. The van der Waals surface area contributed by atoms with Crippen molar-refractivity contribution in [3.05, 3.63) is 58.3 Å². The lowest BCUT2D eigenvalue weighted by Crippen LogP contribution is -2.43. The van der Waals surface area contributed by atoms with Crippen molar-refractivity contribution in [3.8, 4) is 0 Å². The average Bonchev–Trinajstić information content (AvgIpc) is 3.46. The van der Waals surface area contributed by atoms with Crippen LogP contribution in [0.4, 0.5) is 0 Å². The largest absolute Gasteiger partial charge is 0.356 e. The van der Waals surface area contributed by atoms with E-state index >= 15 is 0 Å². The molecule has 1 unspecified atom stereocenters. The van der Waals surface area contributed by atoms with E-state index in [4.69, 9.17) is 0 Å². The van der Waals surface area contributed by atoms with Gasteiger partial charge in [-0.15, -0.1) is 35.3 Å². The quantitative estimate of drug-likeness (QED) is 0.283. The monoisotopic (exact) mass is 555 g/mol. The maximum atomic E-state index is 12.0. The Labute approximate surface area is 207 Å². The van der Waals surface area contributed by atoms with E-state index in [0.29, 0.717) is 12.0 Å². The fourth-order valence-corrected chi connectivity index (χ4v) is 4.31. The normalized spacial score (nSPS) is 15.2. The molecule has 31 heavy (non-hydrogen) atoms. The smallest absolute Gasteiger partial charge is 0.243 e. The Morgan fingerprint density at radius 1 is 1.13 bits per heavy atom. The molecule has 1 aromatic heterocycles. The van der Waals surface area contributed by atoms with E-state index in [-0.39, 0.29) is 36.4 Å². The Morgan fingerprint density at radius 3 is 2.52 bits per heavy atom. The van der Waals surface area contributed by atoms with Crippen molar-refractivity contribution in [3.63, 3.8) is 0 Å². The summed E-state index contributed by atoms with van der Waals surface area (Å²) in [5, 5.41) is 9.00. The van der Waals surface area contributed by atoms with Crippen LogP contribution in [-0.4, -0.2) is 68.5 Å². The summed E-state index contributed by atoms with van der Waals surface area (Å²) >= 11 is 1.76. The van der Waals surface area contributed by atoms with E-state index in [9.17, 15) is 4.79 Å². The lowest BCUT2D eigenvalue weighted by Gasteiger charge is -2.29. The lowest BCUT2D eigenvalue weighted by atomic mass is 10.1. The van der Waals surface area contributed by atoms with Crippen molar-refractivity contribution in [2.24, 2.45) is 4.99 Å². The summed E-state index contributed by atoms with van der Waals surface area (Å²) in [6.45, 7) is 3.92. The predicted octanol–water partition coefficient (Wildman–Crippen LogP) is 3.37. The summed E-state index contributed by atoms with van der Waals surface area (Å²) in [7, 11) is 3.52. The Balaban J connectivity index is 0.00000341. The number of halogens is 1. The summed E-state index contributed by atoms with van der Waals surface area (Å²) in [4.78, 5) is 22.0. The first kappa shape index (κ1) is 25.6. The zero-order valence-electron chi connectivity index (χ0n) is 18.4. The molecule has 3 rings (SSSR count). The molecule has 1 aromatic carbocycles. The van der Waals surface area contributed by atoms with Gasteiger partial charge in [0.05, 0.1) is 6.04 Å². The molecule has 0 saturated carbocycles. The highest BCUT2D eigenvalue weighted by atomic mass is 127. The molecule has 170 valence electrons. The second kappa shape index (κ2) is 13.7. The van der Waals surface area contributed by atoms with Crippen molar-refractivity contribution in [1.82, 2.24) is 20.4 Å². The average molecular weight is 556 g/mol. The number of benzene rings is 1. The number of carbonyl (C=O) groups excluding carboxylic acids is 1. The van der Waals surface area contributed by atoms with Gasteiger partial charge in [-0.2, -0.15) is 0 Å². The molecule has 2 aromatic rings. The third kappa shape index (κ3) is 8.42. The van der Waals surface area contributed by atoms with E-state index in [1.54, 1.807) is 30.3 Å². The van der Waals surface area contributed by atoms with Crippen LogP contribution in [0.1, 0.15) is 29.3 Å². The van der Waals surface area contributed by atoms with Gasteiger partial charge in [0.15, 0.2) is 5.96 Å². The Morgan fingerprint density at radius 2 is 1.87 bits per heavy atom. The molecule has 0 aliphatic carbocycles. The molecule has 2 N–H and O–H groups in total. The van der Waals surface area contributed by atoms with Crippen LogP contribution >= 0.6 is 35.3 Å². The minimum absolute atomic E-state index is 0. The molecular formula is C23H34IN5OS. The number of nitrogens with zero attached hydrogens (tertiary/aromatic N) is 3. The lowest BCUT2D eigenvalue weighted by molar-refractivity contribution is -0.127. The van der Waals surface area contributed by atoms with Crippen LogP contribution in [0.2, 0.25) is 0 Å². The van der Waals surface area contributed by atoms with E-state index in [1.807, 2.05) is 0 Å². The fourth-order valence-electron chi connectivity index (χ4n) is 3.60. The van der Waals surface area contributed by atoms with Crippen LogP contribution in [0, 0.1) is 0 Å². The number of nitrogens with one attached hydrogen (secondary N) is 2. The minimum Gasteiger partial charge on any atom is -0.356 e. The van der Waals surface area contributed by atoms with Gasteiger partial charge in [0.2, 0.25) is 5.91 Å². The number of hydrogen-bond donors (Lipinski definition) is 2. The molecule has 0 radical (unpaired) electrons. The predicted molar refractivity (Wildman–Crippen MR) is 140 cm³/mol. The zero-order valence-corrected chi connectivity index (χ0v) is 21.6. The maximum absolute atomic E-state index is 12.0. The van der Waals surface area contributed by atoms with Gasteiger partial charge in [-0.25, -0.2) is 4.99 Å². The van der Waals surface area contributed by atoms with E-state index < -0.39 is 0 Å². The molecular weight excluding hydrogens is 521 g/mol. The molecule has 2 heterocycles. The number of amides is 1. The number of thiophene rings is 1. The molecule has 1 aliphatic rings. The van der Waals surface area contributed by atoms with E-state index in [1.165, 1.54) is 23.3 Å². The molecule has 6 nitrogen and oxygen atoms in total. The van der Waals surface area contributed by atoms with Crippen LogP contribution in [0.5, 0.6) is 0 Å². The molecule has 0 bridgehead atoms. The van der Waals surface area contributed by atoms with E-state index in [2.05, 4.69) is 68.4 Å². The van der Waals surface area contributed by atoms with Crippen LogP contribution in [0.3, 0.4) is 0 Å². The highest BCUT2D eigenvalue weighted by Crippen LogP contribution is 2.24.